The van der Waals surface area contributed by atoms with E-state index >= 15 is 0 Å². The molecule has 0 saturated heterocycles. The topological polar surface area (TPSA) is 60.3 Å². The van der Waals surface area contributed by atoms with Crippen LogP contribution in [0.3, 0.4) is 0 Å². The highest BCUT2D eigenvalue weighted by Crippen LogP contribution is 2.35. The lowest BCUT2D eigenvalue weighted by Gasteiger charge is -2.09. The number of H-pyrrole nitrogens is 1. The molecular formula is C19H16N2O3. The summed E-state index contributed by atoms with van der Waals surface area (Å²) in [7, 11) is 3.26. The summed E-state index contributed by atoms with van der Waals surface area (Å²) in [5, 5.41) is 1.05. The zero-order chi connectivity index (χ0) is 16.5. The largest absolute Gasteiger partial charge is 0.493 e. The van der Waals surface area contributed by atoms with Gasteiger partial charge in [-0.2, -0.15) is 0 Å². The molecule has 0 aliphatic carbocycles. The van der Waals surface area contributed by atoms with Crippen molar-refractivity contribution in [3.63, 3.8) is 0 Å². The maximum atomic E-state index is 5.39. The molecule has 0 saturated carbocycles. The molecule has 0 amide bonds. The Hall–Kier alpha value is -3.21. The summed E-state index contributed by atoms with van der Waals surface area (Å²) in [5.74, 6) is 1.40. The van der Waals surface area contributed by atoms with Gasteiger partial charge in [-0.05, 0) is 29.8 Å². The Balaban J connectivity index is 1.84. The predicted molar refractivity (Wildman–Crippen MR) is 92.3 cm³/mol. The second kappa shape index (κ2) is 5.77. The number of rotatable bonds is 4. The van der Waals surface area contributed by atoms with E-state index in [1.165, 1.54) is 0 Å². The lowest BCUT2D eigenvalue weighted by atomic mass is 10.0. The number of fused-ring (bicyclic) bond motifs is 1. The molecule has 5 heteroatoms. The summed E-state index contributed by atoms with van der Waals surface area (Å²) < 4.78 is 15.9. The predicted octanol–water partition coefficient (Wildman–Crippen LogP) is 4.51. The van der Waals surface area contributed by atoms with Crippen LogP contribution < -0.4 is 9.47 Å². The first-order chi connectivity index (χ1) is 11.8. The van der Waals surface area contributed by atoms with Crippen LogP contribution in [0, 0.1) is 0 Å². The Morgan fingerprint density at radius 3 is 2.58 bits per heavy atom. The smallest absolute Gasteiger partial charge is 0.161 e. The number of furan rings is 1. The summed E-state index contributed by atoms with van der Waals surface area (Å²) in [6, 6.07) is 9.89. The van der Waals surface area contributed by atoms with Gasteiger partial charge in [0.25, 0.3) is 0 Å². The number of nitrogens with zero attached hydrogens (tertiary/aromatic N) is 1. The molecule has 1 aromatic carbocycles. The van der Waals surface area contributed by atoms with Gasteiger partial charge in [0.15, 0.2) is 11.5 Å². The number of aromatic amines is 1. The molecule has 0 spiro atoms. The molecule has 4 rings (SSSR count). The van der Waals surface area contributed by atoms with Crippen molar-refractivity contribution in [3.8, 4) is 33.8 Å². The number of hydrogen-bond acceptors (Lipinski definition) is 4. The Kier molecular flexibility index (Phi) is 3.46. The highest BCUT2D eigenvalue weighted by atomic mass is 16.5. The van der Waals surface area contributed by atoms with E-state index in [1.807, 2.05) is 36.7 Å². The van der Waals surface area contributed by atoms with Crippen molar-refractivity contribution in [2.24, 2.45) is 0 Å². The minimum Gasteiger partial charge on any atom is -0.493 e. The molecule has 0 fully saturated rings. The zero-order valence-electron chi connectivity index (χ0n) is 13.4. The Labute approximate surface area is 138 Å². The van der Waals surface area contributed by atoms with Crippen LogP contribution in [0.1, 0.15) is 0 Å². The number of methoxy groups -OCH3 is 2. The van der Waals surface area contributed by atoms with Crippen molar-refractivity contribution in [1.29, 1.82) is 0 Å². The number of nitrogens with one attached hydrogen (secondary N) is 1. The van der Waals surface area contributed by atoms with Crippen LogP contribution in [0.25, 0.3) is 33.3 Å². The summed E-state index contributed by atoms with van der Waals surface area (Å²) in [6.45, 7) is 0. The van der Waals surface area contributed by atoms with Gasteiger partial charge in [0.1, 0.15) is 5.65 Å². The van der Waals surface area contributed by atoms with Crippen LogP contribution >= 0.6 is 0 Å². The first-order valence-corrected chi connectivity index (χ1v) is 7.52. The van der Waals surface area contributed by atoms with Gasteiger partial charge >= 0.3 is 0 Å². The molecule has 3 aromatic heterocycles. The van der Waals surface area contributed by atoms with Gasteiger partial charge in [0.05, 0.1) is 26.7 Å². The van der Waals surface area contributed by atoms with Gasteiger partial charge in [-0.25, -0.2) is 4.98 Å². The number of pyridine rings is 1. The van der Waals surface area contributed by atoms with Crippen molar-refractivity contribution >= 4 is 11.0 Å². The second-order valence-corrected chi connectivity index (χ2v) is 5.40. The maximum absolute atomic E-state index is 5.39. The van der Waals surface area contributed by atoms with Gasteiger partial charge in [0.2, 0.25) is 0 Å². The Morgan fingerprint density at radius 2 is 1.83 bits per heavy atom. The van der Waals surface area contributed by atoms with E-state index in [4.69, 9.17) is 13.9 Å². The molecule has 0 atom stereocenters. The van der Waals surface area contributed by atoms with Crippen LogP contribution in [0.5, 0.6) is 11.5 Å². The number of hydrogen-bond donors (Lipinski definition) is 1. The van der Waals surface area contributed by atoms with E-state index < -0.39 is 0 Å². The van der Waals surface area contributed by atoms with Crippen LogP contribution in [0.4, 0.5) is 0 Å². The Bertz CT molecular complexity index is 987. The van der Waals surface area contributed by atoms with Gasteiger partial charge in [-0.15, -0.1) is 0 Å². The molecule has 0 aliphatic heterocycles. The average molecular weight is 320 g/mol. The molecule has 0 bridgehead atoms. The fourth-order valence-electron chi connectivity index (χ4n) is 2.83. The lowest BCUT2D eigenvalue weighted by molar-refractivity contribution is 0.355. The van der Waals surface area contributed by atoms with Gasteiger partial charge in [0, 0.05) is 34.5 Å². The molecule has 0 unspecified atom stereocenters. The third-order valence-electron chi connectivity index (χ3n) is 4.08. The quantitative estimate of drug-likeness (QED) is 0.601. The molecule has 4 aromatic rings. The van der Waals surface area contributed by atoms with Crippen molar-refractivity contribution < 1.29 is 13.9 Å². The molecular weight excluding hydrogens is 304 g/mol. The monoisotopic (exact) mass is 320 g/mol. The first-order valence-electron chi connectivity index (χ1n) is 7.52. The summed E-state index contributed by atoms with van der Waals surface area (Å²) in [6.07, 6.45) is 7.19. The third kappa shape index (κ3) is 2.31. The fraction of sp³-hybridized carbons (Fsp3) is 0.105. The SMILES string of the molecule is COc1ccc(-c2cnc3[nH]cc(-c4ccoc4)c3c2)cc1OC. The van der Waals surface area contributed by atoms with Crippen molar-refractivity contribution in [2.75, 3.05) is 14.2 Å². The molecule has 0 radical (unpaired) electrons. The van der Waals surface area contributed by atoms with Crippen LogP contribution in [0.2, 0.25) is 0 Å². The highest BCUT2D eigenvalue weighted by molar-refractivity contribution is 5.95. The van der Waals surface area contributed by atoms with E-state index in [-0.39, 0.29) is 0 Å². The Morgan fingerprint density at radius 1 is 0.958 bits per heavy atom. The van der Waals surface area contributed by atoms with E-state index in [9.17, 15) is 0 Å². The third-order valence-corrected chi connectivity index (χ3v) is 4.08. The fourth-order valence-corrected chi connectivity index (χ4v) is 2.83. The average Bonchev–Trinajstić information content (AvgIpc) is 3.29. The second-order valence-electron chi connectivity index (χ2n) is 5.40. The standard InChI is InChI=1S/C19H16N2O3/c1-22-17-4-3-12(8-18(17)23-2)14-7-15-16(13-5-6-24-11-13)10-21-19(15)20-9-14/h3-11H,1-2H3,(H,20,21). The van der Waals surface area contributed by atoms with Gasteiger partial charge in [-0.1, -0.05) is 6.07 Å². The number of benzene rings is 1. The van der Waals surface area contributed by atoms with Crippen molar-refractivity contribution in [1.82, 2.24) is 9.97 Å². The van der Waals surface area contributed by atoms with E-state index in [1.54, 1.807) is 26.7 Å². The molecule has 0 aliphatic rings. The number of ether oxygens (including phenoxy) is 2. The first kappa shape index (κ1) is 14.4. The summed E-state index contributed by atoms with van der Waals surface area (Å²) in [4.78, 5) is 7.73. The number of aromatic nitrogens is 2. The zero-order valence-corrected chi connectivity index (χ0v) is 13.4. The lowest BCUT2D eigenvalue weighted by Crippen LogP contribution is -1.91. The molecule has 5 nitrogen and oxygen atoms in total. The minimum atomic E-state index is 0.694. The molecule has 120 valence electrons. The van der Waals surface area contributed by atoms with Gasteiger partial charge in [-0.3, -0.25) is 0 Å². The highest BCUT2D eigenvalue weighted by Gasteiger charge is 2.11. The molecule has 24 heavy (non-hydrogen) atoms. The van der Waals surface area contributed by atoms with Crippen LogP contribution in [-0.4, -0.2) is 24.2 Å². The molecule has 3 heterocycles. The summed E-state index contributed by atoms with van der Waals surface area (Å²) in [5.41, 5.74) is 4.95. The molecule has 1 N–H and O–H groups in total. The van der Waals surface area contributed by atoms with E-state index in [0.717, 1.165) is 33.3 Å². The van der Waals surface area contributed by atoms with Crippen LogP contribution in [-0.2, 0) is 0 Å². The normalized spacial score (nSPS) is 10.9. The minimum absolute atomic E-state index is 0.694. The summed E-state index contributed by atoms with van der Waals surface area (Å²) >= 11 is 0. The van der Waals surface area contributed by atoms with E-state index in [0.29, 0.717) is 11.5 Å². The van der Waals surface area contributed by atoms with Crippen LogP contribution in [0.15, 0.2) is 59.7 Å². The van der Waals surface area contributed by atoms with Gasteiger partial charge < -0.3 is 18.9 Å². The van der Waals surface area contributed by atoms with Crippen molar-refractivity contribution in [2.45, 2.75) is 0 Å². The van der Waals surface area contributed by atoms with Crippen molar-refractivity contribution in [3.05, 3.63) is 55.3 Å². The van der Waals surface area contributed by atoms with E-state index in [2.05, 4.69) is 16.0 Å². The maximum Gasteiger partial charge on any atom is 0.161 e.